The Labute approximate surface area is 117 Å². The maximum atomic E-state index is 6.02. The quantitative estimate of drug-likeness (QED) is 0.900. The Balaban J connectivity index is 1.90. The van der Waals surface area contributed by atoms with Gasteiger partial charge >= 0.3 is 0 Å². The summed E-state index contributed by atoms with van der Waals surface area (Å²) in [7, 11) is 0. The third-order valence-electron chi connectivity index (χ3n) is 3.70. The summed E-state index contributed by atoms with van der Waals surface area (Å²) in [6.45, 7) is 4.28. The Morgan fingerprint density at radius 2 is 2.11 bits per heavy atom. The van der Waals surface area contributed by atoms with E-state index in [0.29, 0.717) is 0 Å². The fourth-order valence-electron chi connectivity index (χ4n) is 2.61. The third kappa shape index (κ3) is 2.20. The van der Waals surface area contributed by atoms with Crippen molar-refractivity contribution >= 4 is 22.9 Å². The molecule has 0 radical (unpaired) electrons. The molecule has 2 aromatic rings. The Morgan fingerprint density at radius 3 is 2.67 bits per heavy atom. The summed E-state index contributed by atoms with van der Waals surface area (Å²) in [5.41, 5.74) is 3.05. The first-order chi connectivity index (χ1) is 8.68. The highest BCUT2D eigenvalue weighted by Gasteiger charge is 2.39. The highest BCUT2D eigenvalue weighted by atomic mass is 35.5. The van der Waals surface area contributed by atoms with Gasteiger partial charge in [-0.3, -0.25) is 0 Å². The van der Waals surface area contributed by atoms with E-state index in [0.717, 1.165) is 23.8 Å². The zero-order valence-corrected chi connectivity index (χ0v) is 11.9. The van der Waals surface area contributed by atoms with Crippen LogP contribution in [0.15, 0.2) is 36.4 Å². The maximum absolute atomic E-state index is 6.02. The summed E-state index contributed by atoms with van der Waals surface area (Å²) in [5, 5.41) is 3.42. The highest BCUT2D eigenvalue weighted by molar-refractivity contribution is 7.16. The molecule has 18 heavy (non-hydrogen) atoms. The second-order valence-corrected chi connectivity index (χ2v) is 6.94. The first-order valence-corrected chi connectivity index (χ1v) is 7.40. The van der Waals surface area contributed by atoms with Gasteiger partial charge in [0.1, 0.15) is 0 Å². The lowest BCUT2D eigenvalue weighted by Gasteiger charge is -2.43. The fourth-order valence-corrected chi connectivity index (χ4v) is 3.84. The van der Waals surface area contributed by atoms with E-state index in [2.05, 4.69) is 42.6 Å². The van der Waals surface area contributed by atoms with Gasteiger partial charge in [-0.2, -0.15) is 0 Å². The van der Waals surface area contributed by atoms with Crippen molar-refractivity contribution in [3.8, 4) is 0 Å². The van der Waals surface area contributed by atoms with E-state index >= 15 is 0 Å². The van der Waals surface area contributed by atoms with E-state index in [-0.39, 0.29) is 5.41 Å². The molecule has 0 spiro atoms. The lowest BCUT2D eigenvalue weighted by molar-refractivity contribution is 0.276. The van der Waals surface area contributed by atoms with Crippen molar-refractivity contribution in [1.82, 2.24) is 5.32 Å². The Kier molecular flexibility index (Phi) is 3.18. The van der Waals surface area contributed by atoms with Gasteiger partial charge in [-0.25, -0.2) is 0 Å². The van der Waals surface area contributed by atoms with Crippen LogP contribution in [0.1, 0.15) is 16.0 Å². The molecule has 1 aliphatic heterocycles. The Bertz CT molecular complexity index is 557. The van der Waals surface area contributed by atoms with E-state index in [4.69, 9.17) is 11.6 Å². The van der Waals surface area contributed by atoms with E-state index in [1.165, 1.54) is 16.0 Å². The van der Waals surface area contributed by atoms with Crippen LogP contribution in [-0.4, -0.2) is 13.1 Å². The molecule has 2 heterocycles. The Morgan fingerprint density at radius 1 is 1.28 bits per heavy atom. The van der Waals surface area contributed by atoms with Crippen molar-refractivity contribution in [1.29, 1.82) is 0 Å². The minimum atomic E-state index is 0.264. The lowest BCUT2D eigenvalue weighted by atomic mass is 9.72. The summed E-state index contributed by atoms with van der Waals surface area (Å²) in [6, 6.07) is 13.0. The van der Waals surface area contributed by atoms with Crippen LogP contribution >= 0.6 is 22.9 Å². The lowest BCUT2D eigenvalue weighted by Crippen LogP contribution is -2.58. The van der Waals surface area contributed by atoms with E-state index in [1.54, 1.807) is 11.3 Å². The average molecular weight is 278 g/mol. The first-order valence-electron chi connectivity index (χ1n) is 6.20. The van der Waals surface area contributed by atoms with Gasteiger partial charge in [-0.15, -0.1) is 11.3 Å². The Hall–Kier alpha value is -0.830. The number of nitrogens with one attached hydrogen (secondary N) is 1. The molecule has 94 valence electrons. The van der Waals surface area contributed by atoms with Crippen molar-refractivity contribution in [2.45, 2.75) is 18.8 Å². The van der Waals surface area contributed by atoms with Crippen LogP contribution in [0.2, 0.25) is 4.34 Å². The summed E-state index contributed by atoms with van der Waals surface area (Å²) in [5.74, 6) is 0. The molecule has 1 aromatic heterocycles. The minimum absolute atomic E-state index is 0.264. The number of aryl methyl sites for hydroxylation is 1. The van der Waals surface area contributed by atoms with Crippen LogP contribution in [0.25, 0.3) is 0 Å². The summed E-state index contributed by atoms with van der Waals surface area (Å²) >= 11 is 7.72. The van der Waals surface area contributed by atoms with Gasteiger partial charge in [0.05, 0.1) is 4.34 Å². The second-order valence-electron chi connectivity index (χ2n) is 5.14. The van der Waals surface area contributed by atoms with Crippen molar-refractivity contribution in [2.75, 3.05) is 13.1 Å². The number of halogens is 1. The van der Waals surface area contributed by atoms with Crippen LogP contribution in [0.5, 0.6) is 0 Å². The fraction of sp³-hybridized carbons (Fsp3) is 0.333. The predicted octanol–water partition coefficient (Wildman–Crippen LogP) is 3.79. The second kappa shape index (κ2) is 4.69. The number of rotatable bonds is 3. The zero-order valence-electron chi connectivity index (χ0n) is 10.4. The van der Waals surface area contributed by atoms with Gasteiger partial charge in [0, 0.05) is 23.4 Å². The first kappa shape index (κ1) is 12.2. The smallest absolute Gasteiger partial charge is 0.0931 e. The monoisotopic (exact) mass is 277 g/mol. The van der Waals surface area contributed by atoms with Gasteiger partial charge in [-0.05, 0) is 31.0 Å². The number of hydrogen-bond donors (Lipinski definition) is 1. The molecule has 0 atom stereocenters. The molecule has 1 saturated heterocycles. The van der Waals surface area contributed by atoms with Gasteiger partial charge in [0.2, 0.25) is 0 Å². The summed E-state index contributed by atoms with van der Waals surface area (Å²) in [6.07, 6.45) is 1.08. The topological polar surface area (TPSA) is 12.0 Å². The van der Waals surface area contributed by atoms with Crippen LogP contribution in [0.3, 0.4) is 0 Å². The van der Waals surface area contributed by atoms with Crippen LogP contribution in [-0.2, 0) is 11.8 Å². The average Bonchev–Trinajstić information content (AvgIpc) is 2.69. The SMILES string of the molecule is Cc1cccc(C2(Cc3ccc(Cl)s3)CNC2)c1. The van der Waals surface area contributed by atoms with Gasteiger partial charge in [0.15, 0.2) is 0 Å². The molecule has 1 fully saturated rings. The molecular formula is C15H16ClNS. The predicted molar refractivity (Wildman–Crippen MR) is 78.8 cm³/mol. The normalized spacial score (nSPS) is 17.4. The van der Waals surface area contributed by atoms with Crippen molar-refractivity contribution < 1.29 is 0 Å². The van der Waals surface area contributed by atoms with Crippen molar-refractivity contribution in [3.05, 3.63) is 56.7 Å². The maximum Gasteiger partial charge on any atom is 0.0931 e. The van der Waals surface area contributed by atoms with Gasteiger partial charge < -0.3 is 5.32 Å². The molecule has 0 aliphatic carbocycles. The molecule has 0 bridgehead atoms. The highest BCUT2D eigenvalue weighted by Crippen LogP contribution is 2.35. The van der Waals surface area contributed by atoms with Gasteiger partial charge in [-0.1, -0.05) is 41.4 Å². The zero-order chi connectivity index (χ0) is 12.6. The molecule has 1 aromatic carbocycles. The number of benzene rings is 1. The molecule has 3 rings (SSSR count). The molecule has 0 amide bonds. The van der Waals surface area contributed by atoms with E-state index < -0.39 is 0 Å². The molecule has 0 saturated carbocycles. The third-order valence-corrected chi connectivity index (χ3v) is 4.93. The largest absolute Gasteiger partial charge is 0.315 e. The summed E-state index contributed by atoms with van der Waals surface area (Å²) < 4.78 is 0.886. The van der Waals surface area contributed by atoms with Crippen molar-refractivity contribution in [2.24, 2.45) is 0 Å². The molecule has 3 heteroatoms. The van der Waals surface area contributed by atoms with Crippen LogP contribution in [0.4, 0.5) is 0 Å². The van der Waals surface area contributed by atoms with Crippen molar-refractivity contribution in [3.63, 3.8) is 0 Å². The van der Waals surface area contributed by atoms with E-state index in [9.17, 15) is 0 Å². The standard InChI is InChI=1S/C15H16ClNS/c1-11-3-2-4-12(7-11)15(9-17-10-15)8-13-5-6-14(16)18-13/h2-7,17H,8-10H2,1H3. The van der Waals surface area contributed by atoms with Gasteiger partial charge in [0.25, 0.3) is 0 Å². The number of thiophene rings is 1. The summed E-state index contributed by atoms with van der Waals surface area (Å²) in [4.78, 5) is 1.38. The molecule has 0 unspecified atom stereocenters. The molecule has 1 aliphatic rings. The molecule has 1 N–H and O–H groups in total. The van der Waals surface area contributed by atoms with Crippen LogP contribution in [0, 0.1) is 6.92 Å². The molecule has 1 nitrogen and oxygen atoms in total. The minimum Gasteiger partial charge on any atom is -0.315 e. The van der Waals surface area contributed by atoms with E-state index in [1.807, 2.05) is 6.07 Å². The number of hydrogen-bond acceptors (Lipinski definition) is 2. The van der Waals surface area contributed by atoms with Crippen LogP contribution < -0.4 is 5.32 Å². The molecular weight excluding hydrogens is 262 g/mol.